The first-order valence-corrected chi connectivity index (χ1v) is 8.84. The van der Waals surface area contributed by atoms with Crippen molar-refractivity contribution in [3.8, 4) is 23.0 Å². The molecule has 0 unspecified atom stereocenters. The quantitative estimate of drug-likeness (QED) is 0.539. The monoisotopic (exact) mass is 390 g/mol. The molecule has 0 aliphatic heterocycles. The second-order valence-electron chi connectivity index (χ2n) is 6.25. The third-order valence-electron chi connectivity index (χ3n) is 4.21. The Bertz CT molecular complexity index is 1130. The molecule has 0 aliphatic carbocycles. The summed E-state index contributed by atoms with van der Waals surface area (Å²) in [5, 5.41) is 6.64. The Kier molecular flexibility index (Phi) is 5.02. The van der Waals surface area contributed by atoms with Crippen LogP contribution in [-0.4, -0.2) is 37.7 Å². The van der Waals surface area contributed by atoms with Gasteiger partial charge < -0.3 is 14.6 Å². The lowest BCUT2D eigenvalue weighted by molar-refractivity contribution is 0.0946. The average Bonchev–Trinajstić information content (AvgIpc) is 3.42. The van der Waals surface area contributed by atoms with Crippen LogP contribution in [0.15, 0.2) is 59.6 Å². The molecule has 4 aromatic rings. The van der Waals surface area contributed by atoms with Crippen LogP contribution in [0.3, 0.4) is 0 Å². The van der Waals surface area contributed by atoms with Gasteiger partial charge in [-0.1, -0.05) is 17.3 Å². The summed E-state index contributed by atoms with van der Waals surface area (Å²) in [7, 11) is 1.61. The van der Waals surface area contributed by atoms with Crippen LogP contribution in [-0.2, 0) is 6.54 Å². The molecule has 1 aromatic carbocycles. The van der Waals surface area contributed by atoms with Gasteiger partial charge in [0.2, 0.25) is 0 Å². The second kappa shape index (κ2) is 7.93. The van der Waals surface area contributed by atoms with Gasteiger partial charge in [-0.15, -0.1) is 0 Å². The van der Waals surface area contributed by atoms with Crippen LogP contribution < -0.4 is 10.1 Å². The molecule has 0 fully saturated rings. The number of aromatic nitrogens is 5. The summed E-state index contributed by atoms with van der Waals surface area (Å²) < 4.78 is 12.0. The molecule has 4 rings (SSSR count). The summed E-state index contributed by atoms with van der Waals surface area (Å²) in [5.74, 6) is 2.04. The van der Waals surface area contributed by atoms with Crippen LogP contribution in [0.25, 0.3) is 17.3 Å². The fraction of sp³-hybridized carbons (Fsp3) is 0.150. The fourth-order valence-electron chi connectivity index (χ4n) is 2.69. The summed E-state index contributed by atoms with van der Waals surface area (Å²) >= 11 is 0. The minimum Gasteiger partial charge on any atom is -0.497 e. The highest BCUT2D eigenvalue weighted by Gasteiger charge is 2.12. The number of carbonyl (C=O) groups is 1. The zero-order valence-corrected chi connectivity index (χ0v) is 15.9. The number of rotatable bonds is 6. The van der Waals surface area contributed by atoms with Gasteiger partial charge in [0.25, 0.3) is 11.8 Å². The van der Waals surface area contributed by atoms with Crippen LogP contribution in [0.4, 0.5) is 0 Å². The Hall–Kier alpha value is -4.01. The maximum Gasteiger partial charge on any atom is 0.271 e. The Labute approximate surface area is 166 Å². The Morgan fingerprint density at radius 1 is 1.21 bits per heavy atom. The number of methoxy groups -OCH3 is 1. The van der Waals surface area contributed by atoms with Crippen LogP contribution in [0, 0.1) is 6.92 Å². The van der Waals surface area contributed by atoms with E-state index in [2.05, 4.69) is 25.4 Å². The zero-order chi connectivity index (χ0) is 20.2. The molecule has 3 heterocycles. The van der Waals surface area contributed by atoms with E-state index in [0.717, 1.165) is 16.9 Å². The molecule has 9 nitrogen and oxygen atoms in total. The molecule has 1 N–H and O–H groups in total. The van der Waals surface area contributed by atoms with Crippen LogP contribution in [0.5, 0.6) is 5.75 Å². The van der Waals surface area contributed by atoms with Crippen molar-refractivity contribution in [2.75, 3.05) is 7.11 Å². The Balaban J connectivity index is 1.45. The molecule has 0 saturated carbocycles. The number of nitrogens with zero attached hydrogens (tertiary/aromatic N) is 5. The van der Waals surface area contributed by atoms with Gasteiger partial charge in [-0.3, -0.25) is 9.36 Å². The first-order valence-electron chi connectivity index (χ1n) is 8.84. The van der Waals surface area contributed by atoms with E-state index < -0.39 is 0 Å². The van der Waals surface area contributed by atoms with E-state index in [1.54, 1.807) is 43.1 Å². The standard InChI is InChI=1S/C20H18N6O3/c1-13-24-20(29-25-13)15-7-8-21-18(9-15)26-11-17(23-12-26)19(27)22-10-14-3-5-16(28-2)6-4-14/h3-9,11-12H,10H2,1-2H3,(H,22,27). The molecule has 9 heteroatoms. The maximum absolute atomic E-state index is 12.4. The smallest absolute Gasteiger partial charge is 0.271 e. The van der Waals surface area contributed by atoms with Gasteiger partial charge >= 0.3 is 0 Å². The van der Waals surface area contributed by atoms with E-state index in [-0.39, 0.29) is 5.91 Å². The Morgan fingerprint density at radius 2 is 2.03 bits per heavy atom. The van der Waals surface area contributed by atoms with Gasteiger partial charge in [0.1, 0.15) is 23.6 Å². The summed E-state index contributed by atoms with van der Waals surface area (Å²) in [6.45, 7) is 2.14. The third kappa shape index (κ3) is 4.13. The molecule has 3 aromatic heterocycles. The van der Waals surface area contributed by atoms with Crippen LogP contribution >= 0.6 is 0 Å². The highest BCUT2D eigenvalue weighted by Crippen LogP contribution is 2.19. The second-order valence-corrected chi connectivity index (χ2v) is 6.25. The van der Waals surface area contributed by atoms with Crippen molar-refractivity contribution in [1.82, 2.24) is 30.0 Å². The van der Waals surface area contributed by atoms with Gasteiger partial charge in [0.15, 0.2) is 5.82 Å². The molecule has 29 heavy (non-hydrogen) atoms. The number of benzene rings is 1. The van der Waals surface area contributed by atoms with E-state index in [9.17, 15) is 4.79 Å². The van der Waals surface area contributed by atoms with E-state index in [4.69, 9.17) is 9.26 Å². The van der Waals surface area contributed by atoms with E-state index in [0.29, 0.717) is 29.8 Å². The highest BCUT2D eigenvalue weighted by molar-refractivity contribution is 5.92. The van der Waals surface area contributed by atoms with Crippen LogP contribution in [0.2, 0.25) is 0 Å². The molecule has 0 saturated heterocycles. The molecule has 1 amide bonds. The van der Waals surface area contributed by atoms with Gasteiger partial charge in [0.05, 0.1) is 7.11 Å². The van der Waals surface area contributed by atoms with Gasteiger partial charge in [-0.05, 0) is 36.8 Å². The summed E-state index contributed by atoms with van der Waals surface area (Å²) in [6, 6.07) is 11.0. The number of aryl methyl sites for hydroxylation is 1. The zero-order valence-electron chi connectivity index (χ0n) is 15.9. The number of hydrogen-bond donors (Lipinski definition) is 1. The molecule has 0 spiro atoms. The first-order chi connectivity index (χ1) is 14.1. The lowest BCUT2D eigenvalue weighted by Gasteiger charge is -2.05. The highest BCUT2D eigenvalue weighted by atomic mass is 16.5. The topological polar surface area (TPSA) is 108 Å². The Morgan fingerprint density at radius 3 is 2.76 bits per heavy atom. The van der Waals surface area contributed by atoms with Crippen molar-refractivity contribution >= 4 is 5.91 Å². The molecule has 0 bridgehead atoms. The summed E-state index contributed by atoms with van der Waals surface area (Å²) in [5.41, 5.74) is 1.98. The van der Waals surface area contributed by atoms with Gasteiger partial charge in [0, 0.05) is 24.5 Å². The normalized spacial score (nSPS) is 10.7. The molecular formula is C20H18N6O3. The third-order valence-corrected chi connectivity index (χ3v) is 4.21. The molecule has 0 atom stereocenters. The maximum atomic E-state index is 12.4. The average molecular weight is 390 g/mol. The SMILES string of the molecule is COc1ccc(CNC(=O)c2cn(-c3cc(-c4nc(C)no4)ccn3)cn2)cc1. The molecule has 0 aliphatic rings. The number of ether oxygens (including phenoxy) is 1. The van der Waals surface area contributed by atoms with Gasteiger partial charge in [-0.2, -0.15) is 4.98 Å². The van der Waals surface area contributed by atoms with Crippen molar-refractivity contribution in [1.29, 1.82) is 0 Å². The largest absolute Gasteiger partial charge is 0.497 e. The van der Waals surface area contributed by atoms with Crippen molar-refractivity contribution in [3.63, 3.8) is 0 Å². The molecule has 146 valence electrons. The van der Waals surface area contributed by atoms with Crippen molar-refractivity contribution < 1.29 is 14.1 Å². The van der Waals surface area contributed by atoms with Crippen molar-refractivity contribution in [2.24, 2.45) is 0 Å². The number of nitrogens with one attached hydrogen (secondary N) is 1. The lowest BCUT2D eigenvalue weighted by atomic mass is 10.2. The predicted molar refractivity (Wildman–Crippen MR) is 104 cm³/mol. The minimum atomic E-state index is -0.275. The summed E-state index contributed by atoms with van der Waals surface area (Å²) in [4.78, 5) is 25.1. The van der Waals surface area contributed by atoms with E-state index in [1.165, 1.54) is 6.33 Å². The van der Waals surface area contributed by atoms with Crippen molar-refractivity contribution in [2.45, 2.75) is 13.5 Å². The number of amides is 1. The molecular weight excluding hydrogens is 372 g/mol. The lowest BCUT2D eigenvalue weighted by Crippen LogP contribution is -2.23. The van der Waals surface area contributed by atoms with Crippen molar-refractivity contribution in [3.05, 3.63) is 72.2 Å². The summed E-state index contributed by atoms with van der Waals surface area (Å²) in [6.07, 6.45) is 4.79. The van der Waals surface area contributed by atoms with Crippen LogP contribution in [0.1, 0.15) is 21.9 Å². The predicted octanol–water partition coefficient (Wildman–Crippen LogP) is 2.56. The number of carbonyl (C=O) groups excluding carboxylic acids is 1. The van der Waals surface area contributed by atoms with Gasteiger partial charge in [-0.25, -0.2) is 9.97 Å². The first kappa shape index (κ1) is 18.4. The number of hydrogen-bond acceptors (Lipinski definition) is 7. The number of pyridine rings is 1. The van der Waals surface area contributed by atoms with E-state index >= 15 is 0 Å². The fourth-order valence-corrected chi connectivity index (χ4v) is 2.69. The number of imidazole rings is 1. The molecule has 0 radical (unpaired) electrons. The van der Waals surface area contributed by atoms with E-state index in [1.807, 2.05) is 24.3 Å². The minimum absolute atomic E-state index is 0.275.